The summed E-state index contributed by atoms with van der Waals surface area (Å²) in [6.45, 7) is 3.93. The van der Waals surface area contributed by atoms with Gasteiger partial charge in [0.05, 0.1) is 5.69 Å². The topological polar surface area (TPSA) is 50.7 Å². The van der Waals surface area contributed by atoms with E-state index in [1.54, 1.807) is 6.20 Å². The van der Waals surface area contributed by atoms with Crippen LogP contribution < -0.4 is 5.32 Å². The van der Waals surface area contributed by atoms with Gasteiger partial charge in [-0.05, 0) is 44.2 Å². The number of hydrogen-bond acceptors (Lipinski definition) is 4. The fourth-order valence-electron chi connectivity index (χ4n) is 2.00. The SMILES string of the molecule is Cc1ccc2c(Nc3ccccn3)cc(C)nc2n1. The summed E-state index contributed by atoms with van der Waals surface area (Å²) in [5.74, 6) is 0.815. The third-order valence-electron chi connectivity index (χ3n) is 2.87. The lowest BCUT2D eigenvalue weighted by Crippen LogP contribution is -1.97. The lowest BCUT2D eigenvalue weighted by molar-refractivity contribution is 1.16. The average Bonchev–Trinajstić information content (AvgIpc) is 2.39. The molecule has 0 fully saturated rings. The number of aryl methyl sites for hydroxylation is 2. The fraction of sp³-hybridized carbons (Fsp3) is 0.133. The molecule has 1 N–H and O–H groups in total. The largest absolute Gasteiger partial charge is 0.340 e. The van der Waals surface area contributed by atoms with Crippen LogP contribution in [0.25, 0.3) is 11.0 Å². The number of nitrogens with zero attached hydrogens (tertiary/aromatic N) is 3. The second kappa shape index (κ2) is 4.65. The van der Waals surface area contributed by atoms with Crippen LogP contribution in [0.15, 0.2) is 42.6 Å². The van der Waals surface area contributed by atoms with Gasteiger partial charge in [-0.3, -0.25) is 0 Å². The van der Waals surface area contributed by atoms with Crippen LogP contribution in [0.1, 0.15) is 11.4 Å². The van der Waals surface area contributed by atoms with Crippen molar-refractivity contribution in [2.24, 2.45) is 0 Å². The predicted molar refractivity (Wildman–Crippen MR) is 76.5 cm³/mol. The molecule has 0 radical (unpaired) electrons. The predicted octanol–water partition coefficient (Wildman–Crippen LogP) is 3.39. The van der Waals surface area contributed by atoms with E-state index in [2.05, 4.69) is 20.3 Å². The molecule has 0 aliphatic rings. The van der Waals surface area contributed by atoms with Gasteiger partial charge in [-0.2, -0.15) is 0 Å². The van der Waals surface area contributed by atoms with Crippen LogP contribution in [0.5, 0.6) is 0 Å². The molecule has 3 heterocycles. The number of fused-ring (bicyclic) bond motifs is 1. The first kappa shape index (κ1) is 11.6. The normalized spacial score (nSPS) is 10.6. The van der Waals surface area contributed by atoms with Gasteiger partial charge >= 0.3 is 0 Å². The van der Waals surface area contributed by atoms with E-state index >= 15 is 0 Å². The van der Waals surface area contributed by atoms with E-state index in [0.29, 0.717) is 0 Å². The average molecular weight is 250 g/mol. The number of aromatic nitrogens is 3. The lowest BCUT2D eigenvalue weighted by atomic mass is 10.2. The van der Waals surface area contributed by atoms with Gasteiger partial charge in [-0.25, -0.2) is 15.0 Å². The molecule has 0 bridgehead atoms. The lowest BCUT2D eigenvalue weighted by Gasteiger charge is -2.09. The Kier molecular flexibility index (Phi) is 2.83. The van der Waals surface area contributed by atoms with Crippen LogP contribution in [-0.4, -0.2) is 15.0 Å². The summed E-state index contributed by atoms with van der Waals surface area (Å²) < 4.78 is 0. The first-order valence-corrected chi connectivity index (χ1v) is 6.15. The van der Waals surface area contributed by atoms with Crippen molar-refractivity contribution in [2.45, 2.75) is 13.8 Å². The molecule has 0 unspecified atom stereocenters. The monoisotopic (exact) mass is 250 g/mol. The van der Waals surface area contributed by atoms with Crippen molar-refractivity contribution in [3.05, 3.63) is 54.0 Å². The van der Waals surface area contributed by atoms with E-state index in [4.69, 9.17) is 0 Å². The van der Waals surface area contributed by atoms with E-state index in [0.717, 1.165) is 33.9 Å². The van der Waals surface area contributed by atoms with Gasteiger partial charge in [0.2, 0.25) is 0 Å². The molecule has 3 rings (SSSR count). The number of hydrogen-bond donors (Lipinski definition) is 1. The molecule has 0 spiro atoms. The third kappa shape index (κ3) is 2.38. The Hall–Kier alpha value is -2.49. The first-order chi connectivity index (χ1) is 9.22. The second-order valence-electron chi connectivity index (χ2n) is 4.47. The maximum atomic E-state index is 4.47. The summed E-state index contributed by atoms with van der Waals surface area (Å²) >= 11 is 0. The number of pyridine rings is 3. The van der Waals surface area contributed by atoms with Crippen molar-refractivity contribution in [1.82, 2.24) is 15.0 Å². The summed E-state index contributed by atoms with van der Waals surface area (Å²) in [5.41, 5.74) is 3.64. The standard InChI is InChI=1S/C15H14N4/c1-10-6-7-12-13(9-11(2)18-15(12)17-10)19-14-5-3-4-8-16-14/h3-9H,1-2H3,(H,16,17,18,19). The van der Waals surface area contributed by atoms with Crippen LogP contribution in [0.2, 0.25) is 0 Å². The van der Waals surface area contributed by atoms with E-state index < -0.39 is 0 Å². The molecule has 0 aliphatic carbocycles. The summed E-state index contributed by atoms with van der Waals surface area (Å²) in [6.07, 6.45) is 1.76. The van der Waals surface area contributed by atoms with Crippen molar-refractivity contribution < 1.29 is 0 Å². The Morgan fingerprint density at radius 2 is 1.79 bits per heavy atom. The summed E-state index contributed by atoms with van der Waals surface area (Å²) in [7, 11) is 0. The van der Waals surface area contributed by atoms with E-state index in [9.17, 15) is 0 Å². The molecule has 0 saturated carbocycles. The Balaban J connectivity index is 2.12. The zero-order valence-electron chi connectivity index (χ0n) is 10.9. The highest BCUT2D eigenvalue weighted by molar-refractivity contribution is 5.90. The van der Waals surface area contributed by atoms with Crippen LogP contribution in [0.3, 0.4) is 0 Å². The van der Waals surface area contributed by atoms with E-state index in [1.807, 2.05) is 50.2 Å². The molecule has 4 heteroatoms. The molecule has 0 aliphatic heterocycles. The van der Waals surface area contributed by atoms with Crippen LogP contribution in [0, 0.1) is 13.8 Å². The third-order valence-corrected chi connectivity index (χ3v) is 2.87. The molecule has 0 saturated heterocycles. The Labute approximate surface area is 111 Å². The maximum Gasteiger partial charge on any atom is 0.161 e. The van der Waals surface area contributed by atoms with Crippen molar-refractivity contribution in [3.63, 3.8) is 0 Å². The minimum atomic E-state index is 0.762. The summed E-state index contributed by atoms with van der Waals surface area (Å²) in [5, 5.41) is 4.32. The highest BCUT2D eigenvalue weighted by atomic mass is 15.0. The van der Waals surface area contributed by atoms with Crippen molar-refractivity contribution in [3.8, 4) is 0 Å². The minimum Gasteiger partial charge on any atom is -0.340 e. The number of rotatable bonds is 2. The zero-order valence-corrected chi connectivity index (χ0v) is 10.9. The van der Waals surface area contributed by atoms with Gasteiger partial charge in [0.25, 0.3) is 0 Å². The van der Waals surface area contributed by atoms with Gasteiger partial charge in [0, 0.05) is 23.0 Å². The van der Waals surface area contributed by atoms with Crippen molar-refractivity contribution >= 4 is 22.5 Å². The molecule has 3 aromatic heterocycles. The molecule has 0 amide bonds. The second-order valence-corrected chi connectivity index (χ2v) is 4.47. The van der Waals surface area contributed by atoms with Crippen LogP contribution >= 0.6 is 0 Å². The molecule has 94 valence electrons. The molecule has 0 atom stereocenters. The van der Waals surface area contributed by atoms with Crippen molar-refractivity contribution in [1.29, 1.82) is 0 Å². The summed E-state index contributed by atoms with van der Waals surface area (Å²) in [4.78, 5) is 13.2. The molecule has 3 aromatic rings. The Morgan fingerprint density at radius 3 is 2.58 bits per heavy atom. The smallest absolute Gasteiger partial charge is 0.161 e. The van der Waals surface area contributed by atoms with E-state index in [-0.39, 0.29) is 0 Å². The van der Waals surface area contributed by atoms with Gasteiger partial charge in [-0.15, -0.1) is 0 Å². The number of anilines is 2. The quantitative estimate of drug-likeness (QED) is 0.757. The molecule has 4 nitrogen and oxygen atoms in total. The minimum absolute atomic E-state index is 0.762. The summed E-state index contributed by atoms with van der Waals surface area (Å²) in [6, 6.07) is 11.8. The van der Waals surface area contributed by atoms with Gasteiger partial charge in [0.15, 0.2) is 5.65 Å². The van der Waals surface area contributed by atoms with Gasteiger partial charge in [0.1, 0.15) is 5.82 Å². The van der Waals surface area contributed by atoms with Crippen LogP contribution in [-0.2, 0) is 0 Å². The van der Waals surface area contributed by atoms with E-state index in [1.165, 1.54) is 0 Å². The zero-order chi connectivity index (χ0) is 13.2. The fourth-order valence-corrected chi connectivity index (χ4v) is 2.00. The first-order valence-electron chi connectivity index (χ1n) is 6.15. The highest BCUT2D eigenvalue weighted by Crippen LogP contribution is 2.24. The Bertz CT molecular complexity index is 718. The molecule has 0 aromatic carbocycles. The number of nitrogens with one attached hydrogen (secondary N) is 1. The molecular weight excluding hydrogens is 236 g/mol. The van der Waals surface area contributed by atoms with Gasteiger partial charge < -0.3 is 5.32 Å². The van der Waals surface area contributed by atoms with Crippen LogP contribution in [0.4, 0.5) is 11.5 Å². The Morgan fingerprint density at radius 1 is 0.947 bits per heavy atom. The van der Waals surface area contributed by atoms with Crippen molar-refractivity contribution in [2.75, 3.05) is 5.32 Å². The molecular formula is C15H14N4. The maximum absolute atomic E-state index is 4.47. The highest BCUT2D eigenvalue weighted by Gasteiger charge is 2.06. The van der Waals surface area contributed by atoms with Gasteiger partial charge in [-0.1, -0.05) is 6.07 Å². The molecule has 19 heavy (non-hydrogen) atoms.